The van der Waals surface area contributed by atoms with E-state index in [2.05, 4.69) is 4.98 Å². The molecule has 0 atom stereocenters. The first-order chi connectivity index (χ1) is 7.74. The van der Waals surface area contributed by atoms with Gasteiger partial charge in [-0.1, -0.05) is 12.1 Å². The summed E-state index contributed by atoms with van der Waals surface area (Å²) in [6, 6.07) is 7.23. The molecule has 0 spiro atoms. The molecule has 0 fully saturated rings. The summed E-state index contributed by atoms with van der Waals surface area (Å²) in [6.45, 7) is 2.20. The van der Waals surface area contributed by atoms with Crippen molar-refractivity contribution in [3.63, 3.8) is 0 Å². The molecule has 82 valence electrons. The van der Waals surface area contributed by atoms with Gasteiger partial charge in [-0.25, -0.2) is 0 Å². The van der Waals surface area contributed by atoms with Gasteiger partial charge in [-0.15, -0.1) is 0 Å². The van der Waals surface area contributed by atoms with Gasteiger partial charge in [0.1, 0.15) is 5.75 Å². The standard InChI is InChI=1S/C12H11NO3/c1-2-16-11-8-5-3-4-6-10(8)13-7-9(11)12(14)15/h3-7H,2H2,1H3,(H,14,15)/p-1. The second kappa shape index (κ2) is 4.18. The van der Waals surface area contributed by atoms with Crippen LogP contribution in [0.1, 0.15) is 17.3 Å². The van der Waals surface area contributed by atoms with Crippen LogP contribution in [0.3, 0.4) is 0 Å². The lowest BCUT2D eigenvalue weighted by molar-refractivity contribution is -0.255. The van der Waals surface area contributed by atoms with Crippen molar-refractivity contribution in [1.82, 2.24) is 4.98 Å². The highest BCUT2D eigenvalue weighted by Crippen LogP contribution is 2.27. The number of carboxylic acids is 1. The van der Waals surface area contributed by atoms with Gasteiger partial charge in [0.15, 0.2) is 0 Å². The molecule has 0 saturated carbocycles. The van der Waals surface area contributed by atoms with Crippen LogP contribution in [0, 0.1) is 0 Å². The van der Waals surface area contributed by atoms with Gasteiger partial charge in [-0.3, -0.25) is 4.98 Å². The highest BCUT2D eigenvalue weighted by molar-refractivity contribution is 5.97. The van der Waals surface area contributed by atoms with E-state index in [0.29, 0.717) is 23.3 Å². The summed E-state index contributed by atoms with van der Waals surface area (Å²) in [5, 5.41) is 11.6. The summed E-state index contributed by atoms with van der Waals surface area (Å²) in [4.78, 5) is 15.0. The fourth-order valence-corrected chi connectivity index (χ4v) is 1.56. The van der Waals surface area contributed by atoms with Gasteiger partial charge >= 0.3 is 0 Å². The number of fused-ring (bicyclic) bond motifs is 1. The molecular formula is C12H10NO3-. The average molecular weight is 216 g/mol. The van der Waals surface area contributed by atoms with Gasteiger partial charge in [0.25, 0.3) is 0 Å². The molecule has 2 rings (SSSR count). The molecule has 0 bridgehead atoms. The average Bonchev–Trinajstić information content (AvgIpc) is 2.29. The molecule has 2 aromatic rings. The Morgan fingerprint density at radius 1 is 1.44 bits per heavy atom. The molecule has 0 aliphatic heterocycles. The molecule has 0 aliphatic rings. The smallest absolute Gasteiger partial charge is 0.139 e. The van der Waals surface area contributed by atoms with Crippen molar-refractivity contribution in [3.05, 3.63) is 36.0 Å². The van der Waals surface area contributed by atoms with E-state index in [1.807, 2.05) is 12.1 Å². The number of pyridine rings is 1. The molecule has 4 nitrogen and oxygen atoms in total. The van der Waals surface area contributed by atoms with E-state index in [0.717, 1.165) is 0 Å². The first-order valence-electron chi connectivity index (χ1n) is 4.96. The Morgan fingerprint density at radius 2 is 2.19 bits per heavy atom. The lowest BCUT2D eigenvalue weighted by Gasteiger charge is -2.12. The number of aromatic carboxylic acids is 1. The van der Waals surface area contributed by atoms with E-state index < -0.39 is 5.97 Å². The first-order valence-corrected chi connectivity index (χ1v) is 4.96. The second-order valence-corrected chi connectivity index (χ2v) is 3.24. The Bertz CT molecular complexity index is 537. The summed E-state index contributed by atoms with van der Waals surface area (Å²) in [6.07, 6.45) is 1.27. The van der Waals surface area contributed by atoms with Gasteiger partial charge in [0.2, 0.25) is 0 Å². The largest absolute Gasteiger partial charge is 0.545 e. The molecule has 1 heterocycles. The fourth-order valence-electron chi connectivity index (χ4n) is 1.56. The van der Waals surface area contributed by atoms with Crippen molar-refractivity contribution < 1.29 is 14.6 Å². The monoisotopic (exact) mass is 216 g/mol. The number of carboxylic acid groups (broad SMARTS) is 1. The van der Waals surface area contributed by atoms with Crippen LogP contribution in [0.25, 0.3) is 10.9 Å². The van der Waals surface area contributed by atoms with Crippen molar-refractivity contribution in [2.75, 3.05) is 6.61 Å². The van der Waals surface area contributed by atoms with Gasteiger partial charge in [0, 0.05) is 11.6 Å². The molecule has 16 heavy (non-hydrogen) atoms. The van der Waals surface area contributed by atoms with Gasteiger partial charge in [-0.2, -0.15) is 0 Å². The third-order valence-corrected chi connectivity index (χ3v) is 2.23. The quantitative estimate of drug-likeness (QED) is 0.767. The molecule has 0 aliphatic carbocycles. The minimum atomic E-state index is -1.28. The number of rotatable bonds is 3. The summed E-state index contributed by atoms with van der Waals surface area (Å²) >= 11 is 0. The van der Waals surface area contributed by atoms with Crippen LogP contribution in [0.4, 0.5) is 0 Å². The molecule has 0 N–H and O–H groups in total. The van der Waals surface area contributed by atoms with Crippen LogP contribution in [-0.2, 0) is 0 Å². The maximum Gasteiger partial charge on any atom is 0.139 e. The third-order valence-electron chi connectivity index (χ3n) is 2.23. The number of carbonyl (C=O) groups excluding carboxylic acids is 1. The minimum absolute atomic E-state index is 0.0134. The van der Waals surface area contributed by atoms with Crippen LogP contribution in [0.2, 0.25) is 0 Å². The van der Waals surface area contributed by atoms with Gasteiger partial charge < -0.3 is 14.6 Å². The Balaban J connectivity index is 2.73. The van der Waals surface area contributed by atoms with E-state index in [9.17, 15) is 9.90 Å². The van der Waals surface area contributed by atoms with Crippen molar-refractivity contribution in [3.8, 4) is 5.75 Å². The van der Waals surface area contributed by atoms with Crippen LogP contribution in [-0.4, -0.2) is 17.6 Å². The number of para-hydroxylation sites is 1. The molecule has 0 radical (unpaired) electrons. The first kappa shape index (κ1) is 10.4. The van der Waals surface area contributed by atoms with Gasteiger partial charge in [-0.05, 0) is 19.1 Å². The molecule has 4 heteroatoms. The number of ether oxygens (including phenoxy) is 1. The zero-order valence-electron chi connectivity index (χ0n) is 8.77. The summed E-state index contributed by atoms with van der Waals surface area (Å²) in [5.74, 6) is -0.949. The predicted molar refractivity (Wildman–Crippen MR) is 57.2 cm³/mol. The SMILES string of the molecule is CCOc1c(C(=O)[O-])cnc2ccccc12. The van der Waals surface area contributed by atoms with E-state index in [1.54, 1.807) is 19.1 Å². The lowest BCUT2D eigenvalue weighted by Crippen LogP contribution is -2.23. The van der Waals surface area contributed by atoms with Crippen LogP contribution < -0.4 is 9.84 Å². The van der Waals surface area contributed by atoms with Crippen molar-refractivity contribution in [2.24, 2.45) is 0 Å². The zero-order valence-corrected chi connectivity index (χ0v) is 8.77. The molecule has 0 saturated heterocycles. The number of hydrogen-bond donors (Lipinski definition) is 0. The van der Waals surface area contributed by atoms with Gasteiger partial charge in [0.05, 0.1) is 23.7 Å². The van der Waals surface area contributed by atoms with E-state index in [1.165, 1.54) is 6.20 Å². The zero-order chi connectivity index (χ0) is 11.5. The topological polar surface area (TPSA) is 62.2 Å². The maximum absolute atomic E-state index is 10.9. The summed E-state index contributed by atoms with van der Waals surface area (Å²) in [5.41, 5.74) is 0.691. The van der Waals surface area contributed by atoms with Crippen LogP contribution in [0.5, 0.6) is 5.75 Å². The molecular weight excluding hydrogens is 206 g/mol. The molecule has 1 aromatic carbocycles. The normalized spacial score (nSPS) is 10.3. The van der Waals surface area contributed by atoms with E-state index in [4.69, 9.17) is 4.74 Å². The highest BCUT2D eigenvalue weighted by Gasteiger charge is 2.09. The minimum Gasteiger partial charge on any atom is -0.545 e. The molecule has 1 aromatic heterocycles. The van der Waals surface area contributed by atoms with Crippen molar-refractivity contribution in [1.29, 1.82) is 0 Å². The number of carbonyl (C=O) groups is 1. The maximum atomic E-state index is 10.9. The number of benzene rings is 1. The van der Waals surface area contributed by atoms with Crippen LogP contribution in [0.15, 0.2) is 30.5 Å². The fraction of sp³-hybridized carbons (Fsp3) is 0.167. The molecule has 0 unspecified atom stereocenters. The third kappa shape index (κ3) is 1.69. The highest BCUT2D eigenvalue weighted by atomic mass is 16.5. The number of aromatic nitrogens is 1. The summed E-state index contributed by atoms with van der Waals surface area (Å²) in [7, 11) is 0. The Kier molecular flexibility index (Phi) is 2.72. The summed E-state index contributed by atoms with van der Waals surface area (Å²) < 4.78 is 5.35. The van der Waals surface area contributed by atoms with Crippen molar-refractivity contribution >= 4 is 16.9 Å². The second-order valence-electron chi connectivity index (χ2n) is 3.24. The Hall–Kier alpha value is -2.10. The predicted octanol–water partition coefficient (Wildman–Crippen LogP) is 0.997. The number of nitrogens with zero attached hydrogens (tertiary/aromatic N) is 1. The van der Waals surface area contributed by atoms with Crippen molar-refractivity contribution in [2.45, 2.75) is 6.92 Å². The molecule has 0 amide bonds. The number of hydrogen-bond acceptors (Lipinski definition) is 4. The van der Waals surface area contributed by atoms with E-state index >= 15 is 0 Å². The lowest BCUT2D eigenvalue weighted by atomic mass is 10.1. The van der Waals surface area contributed by atoms with Crippen LogP contribution >= 0.6 is 0 Å². The van der Waals surface area contributed by atoms with E-state index in [-0.39, 0.29) is 5.56 Å². The Labute approximate surface area is 92.5 Å². The Morgan fingerprint density at radius 3 is 2.88 bits per heavy atom.